The van der Waals surface area contributed by atoms with Gasteiger partial charge in [0, 0.05) is 44.9 Å². The molecule has 0 spiro atoms. The fraction of sp³-hybridized carbons (Fsp3) is 0. The summed E-state index contributed by atoms with van der Waals surface area (Å²) < 4.78 is 2.49. The van der Waals surface area contributed by atoms with E-state index >= 15 is 0 Å². The largest absolute Gasteiger partial charge is 0.311 e. The van der Waals surface area contributed by atoms with Crippen LogP contribution in [0.25, 0.3) is 82.4 Å². The second-order valence-corrected chi connectivity index (χ2v) is 19.3. The van der Waals surface area contributed by atoms with Crippen LogP contribution >= 0.6 is 0 Å². The molecule has 0 N–H and O–H groups in total. The summed E-state index contributed by atoms with van der Waals surface area (Å²) in [5.74, 6) is 0. The minimum atomic E-state index is -0.0972. The van der Waals surface area contributed by atoms with Gasteiger partial charge in [-0.15, -0.1) is 0 Å². The molecule has 0 atom stereocenters. The first-order chi connectivity index (χ1) is 35.7. The van der Waals surface area contributed by atoms with Crippen molar-refractivity contribution in [1.29, 1.82) is 0 Å². The summed E-state index contributed by atoms with van der Waals surface area (Å²) in [5, 5.41) is 7.44. The summed E-state index contributed by atoms with van der Waals surface area (Å²) in [7, 11) is 0. The van der Waals surface area contributed by atoms with E-state index in [0.29, 0.717) is 0 Å². The highest BCUT2D eigenvalue weighted by atomic mass is 15.2. The molecule has 15 rings (SSSR count). The van der Waals surface area contributed by atoms with E-state index in [1.165, 1.54) is 104 Å². The standard InChI is InChI=1S/C68H44BN3/c1-4-16-45(17-5-1)48-30-34-53(35-31-48)70-64-38-32-50(46-18-6-2-7-19-46)41-60(64)69-61-42-51(47-20-8-3-9-21-47)33-39-65(61)71(54-36-37-57-52(40-54)29-28-49-22-10-11-23-56(49)57)67-44-55(43-66(70)68(67)69)72-62-26-14-12-24-58(62)59-25-13-15-27-63(59)72/h1-44H. The first-order valence-corrected chi connectivity index (χ1v) is 24.9. The molecule has 0 radical (unpaired) electrons. The van der Waals surface area contributed by atoms with Crippen LogP contribution < -0.4 is 26.2 Å². The average Bonchev–Trinajstić information content (AvgIpc) is 3.79. The normalized spacial score (nSPS) is 12.6. The number of rotatable bonds is 6. The molecular weight excluding hydrogens is 870 g/mol. The van der Waals surface area contributed by atoms with Gasteiger partial charge in [0.15, 0.2) is 0 Å². The summed E-state index contributed by atoms with van der Waals surface area (Å²) in [5.41, 5.74) is 21.4. The molecule has 0 fully saturated rings. The summed E-state index contributed by atoms with van der Waals surface area (Å²) in [6.07, 6.45) is 0. The lowest BCUT2D eigenvalue weighted by molar-refractivity contribution is 1.16. The molecule has 2 aliphatic rings. The Morgan fingerprint density at radius 3 is 1.26 bits per heavy atom. The van der Waals surface area contributed by atoms with Gasteiger partial charge in [-0.2, -0.15) is 0 Å². The number of aromatic nitrogens is 1. The smallest absolute Gasteiger partial charge is 0.252 e. The topological polar surface area (TPSA) is 11.4 Å². The molecule has 1 aromatic heterocycles. The van der Waals surface area contributed by atoms with Crippen molar-refractivity contribution in [1.82, 2.24) is 4.57 Å². The van der Waals surface area contributed by atoms with E-state index in [0.717, 1.165) is 28.4 Å². The molecule has 0 bridgehead atoms. The van der Waals surface area contributed by atoms with E-state index < -0.39 is 0 Å². The van der Waals surface area contributed by atoms with Gasteiger partial charge in [-0.25, -0.2) is 0 Å². The molecular formula is C68H44BN3. The van der Waals surface area contributed by atoms with Gasteiger partial charge in [0.1, 0.15) is 0 Å². The van der Waals surface area contributed by atoms with Gasteiger partial charge in [-0.1, -0.05) is 206 Å². The second kappa shape index (κ2) is 16.1. The van der Waals surface area contributed by atoms with Crippen LogP contribution in [-0.2, 0) is 0 Å². The molecule has 0 saturated carbocycles. The van der Waals surface area contributed by atoms with E-state index in [9.17, 15) is 0 Å². The van der Waals surface area contributed by atoms with Crippen LogP contribution in [0.3, 0.4) is 0 Å². The summed E-state index contributed by atoms with van der Waals surface area (Å²) in [6, 6.07) is 99.0. The fourth-order valence-corrected chi connectivity index (χ4v) is 12.1. The van der Waals surface area contributed by atoms with Crippen LogP contribution in [0.15, 0.2) is 267 Å². The predicted molar refractivity (Wildman–Crippen MR) is 306 cm³/mol. The molecule has 3 nitrogen and oxygen atoms in total. The third-order valence-corrected chi connectivity index (χ3v) is 15.3. The van der Waals surface area contributed by atoms with Crippen LogP contribution in [-0.4, -0.2) is 11.3 Å². The van der Waals surface area contributed by atoms with Crippen LogP contribution in [0.1, 0.15) is 0 Å². The Hall–Kier alpha value is -9.38. The zero-order valence-electron chi connectivity index (χ0n) is 39.3. The van der Waals surface area contributed by atoms with Crippen molar-refractivity contribution in [3.05, 3.63) is 267 Å². The third kappa shape index (κ3) is 6.26. The Balaban J connectivity index is 1.07. The molecule has 0 saturated heterocycles. The maximum absolute atomic E-state index is 2.56. The van der Waals surface area contributed by atoms with Gasteiger partial charge >= 0.3 is 0 Å². The Morgan fingerprint density at radius 2 is 0.681 bits per heavy atom. The van der Waals surface area contributed by atoms with Crippen molar-refractivity contribution < 1.29 is 0 Å². The van der Waals surface area contributed by atoms with Gasteiger partial charge in [0.05, 0.1) is 16.7 Å². The first kappa shape index (κ1) is 40.5. The Kier molecular flexibility index (Phi) is 9.06. The van der Waals surface area contributed by atoms with Crippen molar-refractivity contribution in [2.24, 2.45) is 0 Å². The minimum Gasteiger partial charge on any atom is -0.311 e. The van der Waals surface area contributed by atoms with Gasteiger partial charge in [0.2, 0.25) is 0 Å². The zero-order valence-corrected chi connectivity index (χ0v) is 39.3. The van der Waals surface area contributed by atoms with Crippen LogP contribution in [0.4, 0.5) is 34.1 Å². The van der Waals surface area contributed by atoms with Crippen molar-refractivity contribution >= 4 is 101 Å². The van der Waals surface area contributed by atoms with E-state index in [2.05, 4.69) is 281 Å². The van der Waals surface area contributed by atoms with E-state index in [1.807, 2.05) is 0 Å². The van der Waals surface area contributed by atoms with E-state index in [4.69, 9.17) is 0 Å². The van der Waals surface area contributed by atoms with E-state index in [-0.39, 0.29) is 6.71 Å². The highest BCUT2D eigenvalue weighted by Crippen LogP contribution is 2.48. The number of anilines is 6. The van der Waals surface area contributed by atoms with Crippen LogP contribution in [0, 0.1) is 0 Å². The molecule has 0 aliphatic carbocycles. The molecule has 2 aliphatic heterocycles. The van der Waals surface area contributed by atoms with Gasteiger partial charge in [-0.3, -0.25) is 0 Å². The number of benzene rings is 12. The second-order valence-electron chi connectivity index (χ2n) is 19.3. The molecule has 72 heavy (non-hydrogen) atoms. The molecule has 13 aromatic rings. The number of nitrogens with zero attached hydrogens (tertiary/aromatic N) is 3. The Labute approximate surface area is 418 Å². The molecule has 4 heteroatoms. The lowest BCUT2D eigenvalue weighted by Crippen LogP contribution is -2.61. The highest BCUT2D eigenvalue weighted by molar-refractivity contribution is 7.00. The predicted octanol–water partition coefficient (Wildman–Crippen LogP) is 16.2. The Bertz CT molecular complexity index is 4220. The maximum Gasteiger partial charge on any atom is 0.252 e. The van der Waals surface area contributed by atoms with Gasteiger partial charge in [0.25, 0.3) is 6.71 Å². The summed E-state index contributed by atoms with van der Waals surface area (Å²) in [4.78, 5) is 5.11. The molecule has 0 amide bonds. The van der Waals surface area contributed by atoms with Crippen LogP contribution in [0.5, 0.6) is 0 Å². The number of hydrogen-bond donors (Lipinski definition) is 0. The molecule has 3 heterocycles. The average molecular weight is 914 g/mol. The summed E-state index contributed by atoms with van der Waals surface area (Å²) in [6.45, 7) is -0.0972. The van der Waals surface area contributed by atoms with E-state index in [1.54, 1.807) is 0 Å². The minimum absolute atomic E-state index is 0.0972. The van der Waals surface area contributed by atoms with Crippen molar-refractivity contribution in [2.45, 2.75) is 0 Å². The van der Waals surface area contributed by atoms with Crippen molar-refractivity contribution in [3.63, 3.8) is 0 Å². The molecule has 334 valence electrons. The van der Waals surface area contributed by atoms with Crippen molar-refractivity contribution in [2.75, 3.05) is 9.80 Å². The third-order valence-electron chi connectivity index (χ3n) is 15.3. The van der Waals surface area contributed by atoms with Crippen molar-refractivity contribution in [3.8, 4) is 39.1 Å². The fourth-order valence-electron chi connectivity index (χ4n) is 12.1. The van der Waals surface area contributed by atoms with Crippen LogP contribution in [0.2, 0.25) is 0 Å². The summed E-state index contributed by atoms with van der Waals surface area (Å²) >= 11 is 0. The maximum atomic E-state index is 2.56. The van der Waals surface area contributed by atoms with Gasteiger partial charge in [-0.05, 0) is 132 Å². The highest BCUT2D eigenvalue weighted by Gasteiger charge is 2.44. The number of hydrogen-bond acceptors (Lipinski definition) is 2. The van der Waals surface area contributed by atoms with Gasteiger partial charge < -0.3 is 14.4 Å². The monoisotopic (exact) mass is 913 g/mol. The SMILES string of the molecule is c1ccc(-c2ccc(N3c4ccc(-c5ccccc5)cc4B4c5cc(-c6ccccc6)ccc5N(c5ccc6c(ccc7ccccc76)c5)c5cc(-n6c7ccccc7c7ccccc76)cc3c54)cc2)cc1. The quantitative estimate of drug-likeness (QED) is 0.122. The first-order valence-electron chi connectivity index (χ1n) is 24.9. The zero-order chi connectivity index (χ0) is 47.3. The number of fused-ring (bicyclic) bond motifs is 10. The lowest BCUT2D eigenvalue weighted by atomic mass is 9.33. The Morgan fingerprint density at radius 1 is 0.250 bits per heavy atom. The lowest BCUT2D eigenvalue weighted by Gasteiger charge is -2.44. The molecule has 12 aromatic carbocycles. The number of para-hydroxylation sites is 2. The molecule has 0 unspecified atom stereocenters.